The van der Waals surface area contributed by atoms with Gasteiger partial charge in [-0.05, 0) is 55.2 Å². The van der Waals surface area contributed by atoms with Gasteiger partial charge in [0.15, 0.2) is 6.73 Å². The minimum Gasteiger partial charge on any atom is -0.494 e. The lowest BCUT2D eigenvalue weighted by molar-refractivity contribution is -0.118. The number of carbonyl (C=O) groups excluding carboxylic acids is 3. The molecule has 0 saturated carbocycles. The number of amides is 3. The number of nitrogens with zero attached hydrogens (tertiary/aromatic N) is 1. The molecule has 2 aliphatic rings. The van der Waals surface area contributed by atoms with E-state index in [1.807, 2.05) is 43.3 Å². The van der Waals surface area contributed by atoms with E-state index in [1.54, 1.807) is 11.0 Å². The quantitative estimate of drug-likeness (QED) is 0.685. The van der Waals surface area contributed by atoms with Crippen molar-refractivity contribution in [2.24, 2.45) is 0 Å². The van der Waals surface area contributed by atoms with E-state index in [9.17, 15) is 14.4 Å². The van der Waals surface area contributed by atoms with Gasteiger partial charge in [-0.1, -0.05) is 30.0 Å². The van der Waals surface area contributed by atoms with E-state index in [2.05, 4.69) is 5.32 Å². The summed E-state index contributed by atoms with van der Waals surface area (Å²) in [7, 11) is 0. The predicted molar refractivity (Wildman–Crippen MR) is 113 cm³/mol. The summed E-state index contributed by atoms with van der Waals surface area (Å²) in [5.74, 6) is 1.11. The highest BCUT2D eigenvalue weighted by molar-refractivity contribution is 8.15. The van der Waals surface area contributed by atoms with Crippen LogP contribution >= 0.6 is 11.8 Å². The maximum atomic E-state index is 12.6. The van der Waals surface area contributed by atoms with E-state index in [1.165, 1.54) is 0 Å². The molecule has 3 amide bonds. The first-order chi connectivity index (χ1) is 14.5. The molecule has 2 aromatic carbocycles. The standard InChI is InChI=1S/C22H22N2O5S/c1-14-3-8-17-18(11-14)29-13-24(21(17)26)9-2-10-28-16-6-4-15(5-7-16)12-19-20(25)23-22(27)30-19/h3-8,11,19H,2,9-10,12-13H2,1H3,(H,23,25,27). The summed E-state index contributed by atoms with van der Waals surface area (Å²) in [4.78, 5) is 37.1. The molecule has 0 aromatic heterocycles. The highest BCUT2D eigenvalue weighted by Gasteiger charge is 2.31. The SMILES string of the molecule is Cc1ccc2c(c1)OCN(CCCOc1ccc(CC3SC(=O)NC3=O)cc1)C2=O. The molecule has 8 heteroatoms. The Kier molecular flexibility index (Phi) is 5.94. The largest absolute Gasteiger partial charge is 0.494 e. The molecule has 7 nitrogen and oxygen atoms in total. The van der Waals surface area contributed by atoms with Crippen molar-refractivity contribution in [1.29, 1.82) is 0 Å². The van der Waals surface area contributed by atoms with E-state index < -0.39 is 0 Å². The lowest BCUT2D eigenvalue weighted by Gasteiger charge is -2.28. The fraction of sp³-hybridized carbons (Fsp3) is 0.318. The first-order valence-corrected chi connectivity index (χ1v) is 10.6. The minimum atomic E-state index is -0.373. The van der Waals surface area contributed by atoms with Crippen LogP contribution in [-0.4, -0.2) is 47.1 Å². The topological polar surface area (TPSA) is 84.9 Å². The maximum Gasteiger partial charge on any atom is 0.286 e. The second kappa shape index (κ2) is 8.79. The number of nitrogens with one attached hydrogen (secondary N) is 1. The van der Waals surface area contributed by atoms with Gasteiger partial charge in [-0.25, -0.2) is 0 Å². The van der Waals surface area contributed by atoms with Crippen molar-refractivity contribution in [2.45, 2.75) is 25.0 Å². The number of carbonyl (C=O) groups is 3. The molecule has 1 fully saturated rings. The van der Waals surface area contributed by atoms with Crippen LogP contribution in [0, 0.1) is 6.92 Å². The number of rotatable bonds is 7. The summed E-state index contributed by atoms with van der Waals surface area (Å²) in [6, 6.07) is 13.1. The van der Waals surface area contributed by atoms with Crippen molar-refractivity contribution in [2.75, 3.05) is 19.9 Å². The summed E-state index contributed by atoms with van der Waals surface area (Å²) >= 11 is 1.03. The summed E-state index contributed by atoms with van der Waals surface area (Å²) in [6.07, 6.45) is 1.18. The molecule has 1 N–H and O–H groups in total. The second-order valence-electron chi connectivity index (χ2n) is 7.27. The van der Waals surface area contributed by atoms with Gasteiger partial charge in [0.25, 0.3) is 11.1 Å². The van der Waals surface area contributed by atoms with Crippen LogP contribution in [0.3, 0.4) is 0 Å². The zero-order chi connectivity index (χ0) is 21.1. The highest BCUT2D eigenvalue weighted by atomic mass is 32.2. The Bertz CT molecular complexity index is 976. The number of fused-ring (bicyclic) bond motifs is 1. The van der Waals surface area contributed by atoms with Crippen LogP contribution < -0.4 is 14.8 Å². The van der Waals surface area contributed by atoms with Crippen molar-refractivity contribution in [3.05, 3.63) is 59.2 Å². The molecule has 1 atom stereocenters. The molecule has 30 heavy (non-hydrogen) atoms. The lowest BCUT2D eigenvalue weighted by atomic mass is 10.1. The second-order valence-corrected chi connectivity index (χ2v) is 8.45. The summed E-state index contributed by atoms with van der Waals surface area (Å²) in [6.45, 7) is 3.24. The van der Waals surface area contributed by atoms with Gasteiger partial charge in [-0.15, -0.1) is 0 Å². The number of thioether (sulfide) groups is 1. The van der Waals surface area contributed by atoms with Gasteiger partial charge in [0.05, 0.1) is 17.4 Å². The molecule has 0 aliphatic carbocycles. The van der Waals surface area contributed by atoms with Gasteiger partial charge in [0, 0.05) is 6.54 Å². The Morgan fingerprint density at radius 1 is 1.17 bits per heavy atom. The molecule has 1 unspecified atom stereocenters. The van der Waals surface area contributed by atoms with Crippen LogP contribution in [0.25, 0.3) is 0 Å². The number of hydrogen-bond donors (Lipinski definition) is 1. The van der Waals surface area contributed by atoms with Crippen LogP contribution in [-0.2, 0) is 11.2 Å². The van der Waals surface area contributed by atoms with E-state index in [4.69, 9.17) is 9.47 Å². The molecule has 0 bridgehead atoms. The molecule has 2 aromatic rings. The van der Waals surface area contributed by atoms with Gasteiger partial charge in [0.2, 0.25) is 5.91 Å². The zero-order valence-corrected chi connectivity index (χ0v) is 17.4. The Morgan fingerprint density at radius 3 is 2.70 bits per heavy atom. The molecular formula is C22H22N2O5S. The van der Waals surface area contributed by atoms with E-state index in [-0.39, 0.29) is 29.0 Å². The average molecular weight is 426 g/mol. The molecule has 0 radical (unpaired) electrons. The molecule has 2 heterocycles. The first-order valence-electron chi connectivity index (χ1n) is 9.75. The molecule has 2 aliphatic heterocycles. The molecular weight excluding hydrogens is 404 g/mol. The van der Waals surface area contributed by atoms with Gasteiger partial charge in [0.1, 0.15) is 11.5 Å². The van der Waals surface area contributed by atoms with Gasteiger partial charge < -0.3 is 14.4 Å². The fourth-order valence-corrected chi connectivity index (χ4v) is 4.24. The van der Waals surface area contributed by atoms with Crippen molar-refractivity contribution in [1.82, 2.24) is 10.2 Å². The Morgan fingerprint density at radius 2 is 1.97 bits per heavy atom. The third-order valence-electron chi connectivity index (χ3n) is 4.98. The third kappa shape index (κ3) is 4.59. The van der Waals surface area contributed by atoms with E-state index in [0.717, 1.165) is 28.6 Å². The van der Waals surface area contributed by atoms with Crippen molar-refractivity contribution >= 4 is 28.8 Å². The summed E-state index contributed by atoms with van der Waals surface area (Å²) < 4.78 is 11.5. The normalized spacial score (nSPS) is 18.1. The Balaban J connectivity index is 1.22. The molecule has 1 saturated heterocycles. The van der Waals surface area contributed by atoms with Crippen LogP contribution in [0.1, 0.15) is 27.9 Å². The average Bonchev–Trinajstić information content (AvgIpc) is 3.04. The maximum absolute atomic E-state index is 12.6. The van der Waals surface area contributed by atoms with Gasteiger partial charge in [-0.2, -0.15) is 0 Å². The van der Waals surface area contributed by atoms with Crippen LogP contribution in [0.5, 0.6) is 11.5 Å². The summed E-state index contributed by atoms with van der Waals surface area (Å²) in [5.41, 5.74) is 2.63. The van der Waals surface area contributed by atoms with Crippen molar-refractivity contribution < 1.29 is 23.9 Å². The number of ether oxygens (including phenoxy) is 2. The van der Waals surface area contributed by atoms with Gasteiger partial charge >= 0.3 is 0 Å². The monoisotopic (exact) mass is 426 g/mol. The Labute approximate surface area is 178 Å². The Hall–Kier alpha value is -3.00. The number of aryl methyl sites for hydroxylation is 1. The molecule has 156 valence electrons. The number of hydrogen-bond acceptors (Lipinski definition) is 6. The minimum absolute atomic E-state index is 0.0205. The lowest BCUT2D eigenvalue weighted by Crippen LogP contribution is -2.39. The van der Waals surface area contributed by atoms with E-state index in [0.29, 0.717) is 37.3 Å². The van der Waals surface area contributed by atoms with Crippen LogP contribution in [0.4, 0.5) is 4.79 Å². The van der Waals surface area contributed by atoms with Crippen LogP contribution in [0.2, 0.25) is 0 Å². The fourth-order valence-electron chi connectivity index (χ4n) is 3.38. The highest BCUT2D eigenvalue weighted by Crippen LogP contribution is 2.26. The molecule has 0 spiro atoms. The van der Waals surface area contributed by atoms with Crippen LogP contribution in [0.15, 0.2) is 42.5 Å². The number of imide groups is 1. The number of benzene rings is 2. The zero-order valence-electron chi connectivity index (χ0n) is 16.6. The van der Waals surface area contributed by atoms with E-state index >= 15 is 0 Å². The summed E-state index contributed by atoms with van der Waals surface area (Å²) in [5, 5.41) is 1.63. The third-order valence-corrected chi connectivity index (χ3v) is 5.96. The van der Waals surface area contributed by atoms with Crippen molar-refractivity contribution in [3.63, 3.8) is 0 Å². The molecule has 4 rings (SSSR count). The van der Waals surface area contributed by atoms with Crippen molar-refractivity contribution in [3.8, 4) is 11.5 Å². The first kappa shape index (κ1) is 20.3. The predicted octanol–water partition coefficient (Wildman–Crippen LogP) is 3.15. The smallest absolute Gasteiger partial charge is 0.286 e. The van der Waals surface area contributed by atoms with Gasteiger partial charge in [-0.3, -0.25) is 19.7 Å².